The van der Waals surface area contributed by atoms with E-state index in [0.717, 1.165) is 19.7 Å². The molecule has 0 fully saturated rings. The summed E-state index contributed by atoms with van der Waals surface area (Å²) >= 11 is 6.84. The number of fused-ring (bicyclic) bond motifs is 1. The first-order valence-corrected chi connectivity index (χ1v) is 5.59. The van der Waals surface area contributed by atoms with E-state index in [1.54, 1.807) is 0 Å². The second-order valence-electron chi connectivity index (χ2n) is 2.90. The predicted molar refractivity (Wildman–Crippen MR) is 64.1 cm³/mol. The second-order valence-corrected chi connectivity index (χ2v) is 4.61. The highest BCUT2D eigenvalue weighted by molar-refractivity contribution is 9.11. The zero-order valence-electron chi connectivity index (χ0n) is 7.09. The molecule has 0 saturated heterocycles. The molecule has 0 spiro atoms. The second kappa shape index (κ2) is 3.72. The van der Waals surface area contributed by atoms with Gasteiger partial charge in [0.25, 0.3) is 0 Å². The Bertz CT molecular complexity index is 541. The van der Waals surface area contributed by atoms with Gasteiger partial charge in [0.15, 0.2) is 0 Å². The molecule has 0 aliphatic heterocycles. The maximum Gasteiger partial charge on any atom is 0.100 e. The molecular weight excluding hydrogens is 306 g/mol. The van der Waals surface area contributed by atoms with Crippen LogP contribution in [0.2, 0.25) is 0 Å². The van der Waals surface area contributed by atoms with Gasteiger partial charge in [0.1, 0.15) is 6.07 Å². The van der Waals surface area contributed by atoms with Crippen molar-refractivity contribution in [2.24, 2.45) is 0 Å². The molecule has 0 aromatic heterocycles. The summed E-state index contributed by atoms with van der Waals surface area (Å²) in [6.07, 6.45) is 0. The Morgan fingerprint density at radius 2 is 1.86 bits per heavy atom. The van der Waals surface area contributed by atoms with E-state index in [-0.39, 0.29) is 0 Å². The smallest absolute Gasteiger partial charge is 0.100 e. The van der Waals surface area contributed by atoms with Crippen molar-refractivity contribution in [3.8, 4) is 6.07 Å². The molecule has 0 N–H and O–H groups in total. The molecule has 0 radical (unpaired) electrons. The highest BCUT2D eigenvalue weighted by Crippen LogP contribution is 2.29. The number of halogens is 2. The standard InChI is InChI=1S/C11H5Br2N/c12-9-3-4-10-7(5-9)1-2-8(6-14)11(10)13/h1-5H. The molecular formula is C11H5Br2N. The molecule has 0 saturated carbocycles. The molecule has 0 aliphatic rings. The van der Waals surface area contributed by atoms with E-state index < -0.39 is 0 Å². The molecule has 0 amide bonds. The van der Waals surface area contributed by atoms with Crippen LogP contribution in [0, 0.1) is 11.3 Å². The molecule has 68 valence electrons. The number of nitriles is 1. The summed E-state index contributed by atoms with van der Waals surface area (Å²) in [4.78, 5) is 0. The van der Waals surface area contributed by atoms with E-state index >= 15 is 0 Å². The average molecular weight is 311 g/mol. The van der Waals surface area contributed by atoms with Crippen LogP contribution in [0.1, 0.15) is 5.56 Å². The summed E-state index contributed by atoms with van der Waals surface area (Å²) in [5.41, 5.74) is 0.667. The largest absolute Gasteiger partial charge is 0.192 e. The lowest BCUT2D eigenvalue weighted by Crippen LogP contribution is -1.80. The summed E-state index contributed by atoms with van der Waals surface area (Å²) in [6, 6.07) is 11.9. The van der Waals surface area contributed by atoms with E-state index in [4.69, 9.17) is 5.26 Å². The van der Waals surface area contributed by atoms with Gasteiger partial charge in [-0.05, 0) is 44.9 Å². The van der Waals surface area contributed by atoms with Crippen LogP contribution < -0.4 is 0 Å². The fourth-order valence-electron chi connectivity index (χ4n) is 1.35. The average Bonchev–Trinajstić information content (AvgIpc) is 2.18. The third-order valence-electron chi connectivity index (χ3n) is 2.04. The minimum atomic E-state index is 0.667. The van der Waals surface area contributed by atoms with Gasteiger partial charge in [-0.1, -0.05) is 28.1 Å². The minimum Gasteiger partial charge on any atom is -0.192 e. The van der Waals surface area contributed by atoms with Crippen molar-refractivity contribution in [1.29, 1.82) is 5.26 Å². The van der Waals surface area contributed by atoms with E-state index in [2.05, 4.69) is 37.9 Å². The van der Waals surface area contributed by atoms with Crippen LogP contribution in [-0.4, -0.2) is 0 Å². The van der Waals surface area contributed by atoms with Gasteiger partial charge in [0, 0.05) is 8.95 Å². The Labute approximate surface area is 98.6 Å². The van der Waals surface area contributed by atoms with Crippen molar-refractivity contribution < 1.29 is 0 Å². The van der Waals surface area contributed by atoms with Gasteiger partial charge in [-0.3, -0.25) is 0 Å². The molecule has 2 rings (SSSR count). The normalized spacial score (nSPS) is 10.1. The molecule has 0 heterocycles. The summed E-state index contributed by atoms with van der Waals surface area (Å²) in [6.45, 7) is 0. The number of nitrogens with zero attached hydrogens (tertiary/aromatic N) is 1. The van der Waals surface area contributed by atoms with Gasteiger partial charge in [0.05, 0.1) is 5.56 Å². The Hall–Kier alpha value is -0.850. The molecule has 0 aliphatic carbocycles. The van der Waals surface area contributed by atoms with Crippen molar-refractivity contribution in [1.82, 2.24) is 0 Å². The van der Waals surface area contributed by atoms with Gasteiger partial charge in [-0.25, -0.2) is 0 Å². The summed E-state index contributed by atoms with van der Waals surface area (Å²) < 4.78 is 1.91. The topological polar surface area (TPSA) is 23.8 Å². The van der Waals surface area contributed by atoms with Crippen LogP contribution in [0.15, 0.2) is 39.3 Å². The SMILES string of the molecule is N#Cc1ccc2cc(Br)ccc2c1Br. The number of hydrogen-bond acceptors (Lipinski definition) is 1. The molecule has 14 heavy (non-hydrogen) atoms. The quantitative estimate of drug-likeness (QED) is 0.714. The molecule has 0 atom stereocenters. The summed E-state index contributed by atoms with van der Waals surface area (Å²) in [7, 11) is 0. The van der Waals surface area contributed by atoms with Crippen molar-refractivity contribution in [3.05, 3.63) is 44.8 Å². The van der Waals surface area contributed by atoms with E-state index in [1.165, 1.54) is 0 Å². The fraction of sp³-hybridized carbons (Fsp3) is 0. The predicted octanol–water partition coefficient (Wildman–Crippen LogP) is 4.24. The van der Waals surface area contributed by atoms with Crippen molar-refractivity contribution in [2.75, 3.05) is 0 Å². The van der Waals surface area contributed by atoms with Gasteiger partial charge in [0.2, 0.25) is 0 Å². The number of hydrogen-bond donors (Lipinski definition) is 0. The first kappa shape index (κ1) is 9.70. The van der Waals surface area contributed by atoms with Crippen LogP contribution in [0.4, 0.5) is 0 Å². The van der Waals surface area contributed by atoms with Crippen LogP contribution in [0.25, 0.3) is 10.8 Å². The zero-order valence-corrected chi connectivity index (χ0v) is 10.3. The highest BCUT2D eigenvalue weighted by Gasteiger charge is 2.04. The fourth-order valence-corrected chi connectivity index (χ4v) is 2.31. The third-order valence-corrected chi connectivity index (χ3v) is 3.38. The monoisotopic (exact) mass is 309 g/mol. The van der Waals surface area contributed by atoms with Gasteiger partial charge in [-0.2, -0.15) is 5.26 Å². The summed E-state index contributed by atoms with van der Waals surface area (Å²) in [5, 5.41) is 11.0. The Balaban J connectivity index is 2.85. The molecule has 2 aromatic rings. The van der Waals surface area contributed by atoms with E-state index in [1.807, 2.05) is 30.3 Å². The Kier molecular flexibility index (Phi) is 2.58. The lowest BCUT2D eigenvalue weighted by molar-refractivity contribution is 1.48. The molecule has 2 aromatic carbocycles. The van der Waals surface area contributed by atoms with E-state index in [0.29, 0.717) is 5.56 Å². The molecule has 1 nitrogen and oxygen atoms in total. The van der Waals surface area contributed by atoms with Crippen molar-refractivity contribution >= 4 is 42.6 Å². The summed E-state index contributed by atoms with van der Waals surface area (Å²) in [5.74, 6) is 0. The Morgan fingerprint density at radius 1 is 1.07 bits per heavy atom. The third kappa shape index (κ3) is 1.56. The Morgan fingerprint density at radius 3 is 2.57 bits per heavy atom. The lowest BCUT2D eigenvalue weighted by atomic mass is 10.1. The maximum absolute atomic E-state index is 8.84. The van der Waals surface area contributed by atoms with Crippen LogP contribution in [0.3, 0.4) is 0 Å². The van der Waals surface area contributed by atoms with Gasteiger partial charge >= 0.3 is 0 Å². The number of rotatable bonds is 0. The highest BCUT2D eigenvalue weighted by atomic mass is 79.9. The van der Waals surface area contributed by atoms with Gasteiger partial charge < -0.3 is 0 Å². The van der Waals surface area contributed by atoms with Crippen LogP contribution in [-0.2, 0) is 0 Å². The number of benzene rings is 2. The first-order valence-electron chi connectivity index (χ1n) is 4.00. The molecule has 0 bridgehead atoms. The maximum atomic E-state index is 8.84. The lowest BCUT2D eigenvalue weighted by Gasteiger charge is -2.02. The molecule has 0 unspecified atom stereocenters. The molecule has 3 heteroatoms. The first-order chi connectivity index (χ1) is 6.72. The van der Waals surface area contributed by atoms with Crippen molar-refractivity contribution in [2.45, 2.75) is 0 Å². The van der Waals surface area contributed by atoms with Crippen molar-refractivity contribution in [3.63, 3.8) is 0 Å². The van der Waals surface area contributed by atoms with Crippen LogP contribution in [0.5, 0.6) is 0 Å². The van der Waals surface area contributed by atoms with Crippen LogP contribution >= 0.6 is 31.9 Å². The van der Waals surface area contributed by atoms with E-state index in [9.17, 15) is 0 Å². The zero-order chi connectivity index (χ0) is 10.1. The minimum absolute atomic E-state index is 0.667. The van der Waals surface area contributed by atoms with Gasteiger partial charge in [-0.15, -0.1) is 0 Å².